The molecule has 7 heterocycles. The lowest BCUT2D eigenvalue weighted by Crippen LogP contribution is -2.51. The van der Waals surface area contributed by atoms with Crippen LogP contribution in [-0.4, -0.2) is 78.7 Å². The predicted molar refractivity (Wildman–Crippen MR) is 169 cm³/mol. The topological polar surface area (TPSA) is 145 Å². The van der Waals surface area contributed by atoms with Crippen LogP contribution in [0.1, 0.15) is 79.9 Å². The number of fused-ring (bicyclic) bond motifs is 4. The van der Waals surface area contributed by atoms with Gasteiger partial charge in [0.05, 0.1) is 29.4 Å². The number of aliphatic hydroxyl groups excluding tert-OH is 1. The second-order valence-electron chi connectivity index (χ2n) is 12.8. The quantitative estimate of drug-likeness (QED) is 0.231. The Labute approximate surface area is 262 Å². The number of nitrogens with one attached hydrogen (secondary N) is 2. The van der Waals surface area contributed by atoms with Gasteiger partial charge in [-0.1, -0.05) is 42.4 Å². The zero-order chi connectivity index (χ0) is 31.2. The molecule has 0 radical (unpaired) electrons. The third kappa shape index (κ3) is 5.21. The van der Waals surface area contributed by atoms with Crippen LogP contribution in [-0.2, 0) is 11.0 Å². The van der Waals surface area contributed by atoms with Crippen molar-refractivity contribution in [1.82, 2.24) is 34.9 Å². The number of hydrogen-bond donors (Lipinski definition) is 3. The van der Waals surface area contributed by atoms with Gasteiger partial charge in [-0.25, -0.2) is 9.97 Å². The Morgan fingerprint density at radius 2 is 1.76 bits per heavy atom. The van der Waals surface area contributed by atoms with Gasteiger partial charge < -0.3 is 30.1 Å². The molecule has 0 aliphatic carbocycles. The van der Waals surface area contributed by atoms with E-state index in [1.165, 1.54) is 0 Å². The number of aliphatic hydroxyl groups is 1. The van der Waals surface area contributed by atoms with Gasteiger partial charge in [0.2, 0.25) is 5.95 Å². The Balaban J connectivity index is 1.22. The van der Waals surface area contributed by atoms with E-state index in [0.29, 0.717) is 41.1 Å². The van der Waals surface area contributed by atoms with E-state index in [0.717, 1.165) is 62.4 Å². The Kier molecular flexibility index (Phi) is 7.49. The highest BCUT2D eigenvalue weighted by Gasteiger charge is 2.45. The number of carbonyl (C=O) groups is 1. The number of aromatic nitrogens is 5. The van der Waals surface area contributed by atoms with E-state index >= 15 is 0 Å². The summed E-state index contributed by atoms with van der Waals surface area (Å²) in [5, 5.41) is 21.4. The molecule has 234 valence electrons. The summed E-state index contributed by atoms with van der Waals surface area (Å²) in [4.78, 5) is 36.6. The fourth-order valence-electron chi connectivity index (χ4n) is 6.92. The number of carbonyl (C=O) groups excluding carboxylic acids is 1. The van der Waals surface area contributed by atoms with Crippen molar-refractivity contribution in [2.24, 2.45) is 0 Å². The van der Waals surface area contributed by atoms with Crippen LogP contribution in [0.4, 0.5) is 17.6 Å². The van der Waals surface area contributed by atoms with E-state index in [2.05, 4.69) is 32.6 Å². The van der Waals surface area contributed by atoms with Crippen molar-refractivity contribution in [3.8, 4) is 11.5 Å². The maximum Gasteiger partial charge on any atom is 0.263 e. The van der Waals surface area contributed by atoms with Crippen LogP contribution in [0.5, 0.6) is 0 Å². The first-order valence-corrected chi connectivity index (χ1v) is 15.8. The van der Waals surface area contributed by atoms with Crippen molar-refractivity contribution in [1.29, 1.82) is 0 Å². The number of pyridine rings is 1. The molecule has 1 amide bonds. The molecule has 3 N–H and O–H groups in total. The minimum atomic E-state index is -0.536. The second kappa shape index (κ2) is 11.5. The first kappa shape index (κ1) is 29.3. The lowest BCUT2D eigenvalue weighted by Gasteiger charge is -2.46. The molecule has 0 saturated carbocycles. The van der Waals surface area contributed by atoms with Crippen molar-refractivity contribution in [2.75, 3.05) is 43.4 Å². The van der Waals surface area contributed by atoms with Gasteiger partial charge in [0.25, 0.3) is 11.8 Å². The molecule has 3 aromatic heterocycles. The summed E-state index contributed by atoms with van der Waals surface area (Å²) in [6.45, 7) is 9.75. The molecule has 0 spiro atoms. The molecule has 1 atom stereocenters. The van der Waals surface area contributed by atoms with Crippen molar-refractivity contribution in [3.63, 3.8) is 0 Å². The monoisotopic (exact) mass is 609 g/mol. The Morgan fingerprint density at radius 3 is 2.47 bits per heavy atom. The zero-order valence-electron chi connectivity index (χ0n) is 26.0. The van der Waals surface area contributed by atoms with Crippen LogP contribution < -0.4 is 10.6 Å². The highest BCUT2D eigenvalue weighted by Crippen LogP contribution is 2.43. The van der Waals surface area contributed by atoms with Crippen molar-refractivity contribution in [2.45, 2.75) is 63.5 Å². The first-order valence-electron chi connectivity index (χ1n) is 15.8. The number of rotatable bonds is 10. The van der Waals surface area contributed by atoms with Crippen LogP contribution in [0, 0.1) is 0 Å². The van der Waals surface area contributed by atoms with Gasteiger partial charge in [-0.3, -0.25) is 4.79 Å². The van der Waals surface area contributed by atoms with Gasteiger partial charge in [-0.05, 0) is 76.9 Å². The Hall–Kier alpha value is -4.42. The minimum absolute atomic E-state index is 0.00352. The van der Waals surface area contributed by atoms with E-state index in [-0.39, 0.29) is 17.9 Å². The van der Waals surface area contributed by atoms with Crippen molar-refractivity contribution in [3.05, 3.63) is 71.3 Å². The Bertz CT molecular complexity index is 1680. The SMILES string of the molecule is CCCN1C(=O)c2ccc(Nc3ncc(-c4nc(C56CCN(CC5)CC6)no4)c(N[C@H](CO)c4ccccc4)n3)nc2C1(C)C. The summed E-state index contributed by atoms with van der Waals surface area (Å²) >= 11 is 0. The molecule has 12 heteroatoms. The lowest BCUT2D eigenvalue weighted by atomic mass is 9.71. The molecule has 1 aromatic carbocycles. The maximum absolute atomic E-state index is 13.1. The first-order chi connectivity index (χ1) is 21.8. The van der Waals surface area contributed by atoms with E-state index < -0.39 is 11.6 Å². The largest absolute Gasteiger partial charge is 0.394 e. The van der Waals surface area contributed by atoms with Gasteiger partial charge in [-0.2, -0.15) is 9.97 Å². The Morgan fingerprint density at radius 1 is 1.00 bits per heavy atom. The van der Waals surface area contributed by atoms with Crippen LogP contribution >= 0.6 is 0 Å². The van der Waals surface area contributed by atoms with Crippen LogP contribution in [0.2, 0.25) is 0 Å². The standard InChI is InChI=1S/C33H39N9O3/c1-4-15-42-29(44)22-10-11-25(36-26(22)32(42,2)3)37-31-34-19-23(27(38-31)35-24(20-43)21-8-6-5-7-9-21)28-39-30(40-45-28)33-12-16-41(17-13-33)18-14-33/h5-11,19,24,43H,4,12-18,20H2,1-3H3,(H2,34,35,36,37,38)/t24-/m1/s1. The summed E-state index contributed by atoms with van der Waals surface area (Å²) < 4.78 is 5.85. The molecule has 0 unspecified atom stereocenters. The van der Waals surface area contributed by atoms with Gasteiger partial charge >= 0.3 is 0 Å². The number of piperidine rings is 3. The van der Waals surface area contributed by atoms with Crippen LogP contribution in [0.15, 0.2) is 53.2 Å². The molecule has 3 fully saturated rings. The maximum atomic E-state index is 13.1. The molecule has 4 aliphatic heterocycles. The molecule has 2 bridgehead atoms. The van der Waals surface area contributed by atoms with Crippen molar-refractivity contribution >= 4 is 23.5 Å². The zero-order valence-corrected chi connectivity index (χ0v) is 26.0. The molecule has 45 heavy (non-hydrogen) atoms. The highest BCUT2D eigenvalue weighted by atomic mass is 16.5. The number of anilines is 3. The van der Waals surface area contributed by atoms with E-state index in [1.807, 2.05) is 55.1 Å². The van der Waals surface area contributed by atoms with E-state index in [1.54, 1.807) is 12.3 Å². The van der Waals surface area contributed by atoms with Gasteiger partial charge in [0, 0.05) is 18.2 Å². The number of amides is 1. The summed E-state index contributed by atoms with van der Waals surface area (Å²) in [7, 11) is 0. The molecule has 4 aromatic rings. The highest BCUT2D eigenvalue weighted by molar-refractivity contribution is 5.99. The summed E-state index contributed by atoms with van der Waals surface area (Å²) in [5.74, 6) is 2.32. The van der Waals surface area contributed by atoms with Crippen LogP contribution in [0.3, 0.4) is 0 Å². The second-order valence-corrected chi connectivity index (χ2v) is 12.8. The third-order valence-electron chi connectivity index (χ3n) is 9.65. The molecule has 3 saturated heterocycles. The molecule has 4 aliphatic rings. The normalized spacial score (nSPS) is 22.4. The van der Waals surface area contributed by atoms with E-state index in [4.69, 9.17) is 19.5 Å². The van der Waals surface area contributed by atoms with Crippen LogP contribution in [0.25, 0.3) is 11.5 Å². The van der Waals surface area contributed by atoms with Gasteiger partial charge in [0.1, 0.15) is 17.2 Å². The smallest absolute Gasteiger partial charge is 0.263 e. The summed E-state index contributed by atoms with van der Waals surface area (Å²) in [6.07, 6.45) is 5.57. The van der Waals surface area contributed by atoms with Gasteiger partial charge in [-0.15, -0.1) is 0 Å². The van der Waals surface area contributed by atoms with Crippen molar-refractivity contribution < 1.29 is 14.4 Å². The fourth-order valence-corrected chi connectivity index (χ4v) is 6.92. The van der Waals surface area contributed by atoms with Gasteiger partial charge in [0.15, 0.2) is 5.82 Å². The summed E-state index contributed by atoms with van der Waals surface area (Å²) in [6, 6.07) is 12.8. The molecular weight excluding hydrogens is 570 g/mol. The molecule has 12 nitrogen and oxygen atoms in total. The predicted octanol–water partition coefficient (Wildman–Crippen LogP) is 4.65. The third-order valence-corrected chi connectivity index (χ3v) is 9.65. The lowest BCUT2D eigenvalue weighted by molar-refractivity contribution is 0.0615. The number of benzene rings is 1. The average Bonchev–Trinajstić information content (AvgIpc) is 3.64. The average molecular weight is 610 g/mol. The molecule has 8 rings (SSSR count). The minimum Gasteiger partial charge on any atom is -0.394 e. The fraction of sp³-hybridized carbons (Fsp3) is 0.455. The number of hydrogen-bond acceptors (Lipinski definition) is 11. The summed E-state index contributed by atoms with van der Waals surface area (Å²) in [5.41, 5.74) is 2.18. The number of nitrogens with zero attached hydrogens (tertiary/aromatic N) is 7. The van der Waals surface area contributed by atoms with E-state index in [9.17, 15) is 9.90 Å². The molecular formula is C33H39N9O3.